The van der Waals surface area contributed by atoms with Crippen LogP contribution >= 0.6 is 0 Å². The van der Waals surface area contributed by atoms with Crippen LogP contribution in [0.25, 0.3) is 5.65 Å². The predicted octanol–water partition coefficient (Wildman–Crippen LogP) is 3.34. The van der Waals surface area contributed by atoms with Gasteiger partial charge in [0.25, 0.3) is 5.91 Å². The van der Waals surface area contributed by atoms with Gasteiger partial charge in [0, 0.05) is 17.1 Å². The lowest BCUT2D eigenvalue weighted by molar-refractivity contribution is 0.102. The number of aromatic nitrogens is 3. The van der Waals surface area contributed by atoms with Gasteiger partial charge in [-0.25, -0.2) is 9.50 Å². The zero-order valence-corrected chi connectivity index (χ0v) is 14.0. The number of benzene rings is 1. The Morgan fingerprint density at radius 2 is 2.04 bits per heavy atom. The van der Waals surface area contributed by atoms with Crippen molar-refractivity contribution >= 4 is 17.2 Å². The standard InChI is InChI=1S/C19H20N4O/c1-3-13-7-9-14(10-8-13)22-19(24)16-11-20-23-17-6-4-5-15(17)12(2)21-18(16)23/h7-11H,3-6H2,1-2H3,(H,22,24). The molecule has 5 heteroatoms. The molecular weight excluding hydrogens is 300 g/mol. The van der Waals surface area contributed by atoms with Crippen LogP contribution in [0, 0.1) is 6.92 Å². The van der Waals surface area contributed by atoms with Crippen molar-refractivity contribution in [1.82, 2.24) is 14.6 Å². The van der Waals surface area contributed by atoms with Crippen LogP contribution in [-0.2, 0) is 19.3 Å². The number of carbonyl (C=O) groups is 1. The van der Waals surface area contributed by atoms with E-state index in [1.807, 2.05) is 35.7 Å². The number of anilines is 1. The monoisotopic (exact) mass is 320 g/mol. The molecule has 24 heavy (non-hydrogen) atoms. The van der Waals surface area contributed by atoms with Crippen LogP contribution in [0.2, 0.25) is 0 Å². The molecule has 0 unspecified atom stereocenters. The fraction of sp³-hybridized carbons (Fsp3) is 0.316. The van der Waals surface area contributed by atoms with Crippen LogP contribution in [0.15, 0.2) is 30.5 Å². The van der Waals surface area contributed by atoms with Crippen molar-refractivity contribution in [2.24, 2.45) is 0 Å². The first-order chi connectivity index (χ1) is 11.7. The minimum absolute atomic E-state index is 0.168. The van der Waals surface area contributed by atoms with E-state index >= 15 is 0 Å². The number of hydrogen-bond donors (Lipinski definition) is 1. The highest BCUT2D eigenvalue weighted by Gasteiger charge is 2.22. The van der Waals surface area contributed by atoms with Gasteiger partial charge in [-0.3, -0.25) is 4.79 Å². The highest BCUT2D eigenvalue weighted by atomic mass is 16.1. The van der Waals surface area contributed by atoms with Crippen LogP contribution in [-0.4, -0.2) is 20.5 Å². The molecule has 1 aliphatic carbocycles. The summed E-state index contributed by atoms with van der Waals surface area (Å²) in [5.74, 6) is -0.168. The van der Waals surface area contributed by atoms with E-state index in [4.69, 9.17) is 0 Å². The lowest BCUT2D eigenvalue weighted by Gasteiger charge is -2.08. The molecule has 0 aliphatic heterocycles. The molecule has 1 aromatic carbocycles. The van der Waals surface area contributed by atoms with Crippen molar-refractivity contribution in [2.75, 3.05) is 5.32 Å². The maximum Gasteiger partial charge on any atom is 0.261 e. The lowest BCUT2D eigenvalue weighted by atomic mass is 10.1. The van der Waals surface area contributed by atoms with E-state index in [1.165, 1.54) is 16.8 Å². The predicted molar refractivity (Wildman–Crippen MR) is 93.5 cm³/mol. The number of nitrogens with zero attached hydrogens (tertiary/aromatic N) is 3. The van der Waals surface area contributed by atoms with Gasteiger partial charge in [-0.15, -0.1) is 0 Å². The largest absolute Gasteiger partial charge is 0.322 e. The maximum absolute atomic E-state index is 12.7. The number of carbonyl (C=O) groups excluding carboxylic acids is 1. The van der Waals surface area contributed by atoms with Gasteiger partial charge in [-0.05, 0) is 55.9 Å². The van der Waals surface area contributed by atoms with Crippen molar-refractivity contribution in [3.8, 4) is 0 Å². The number of hydrogen-bond acceptors (Lipinski definition) is 3. The summed E-state index contributed by atoms with van der Waals surface area (Å²) in [5.41, 5.74) is 6.70. The lowest BCUT2D eigenvalue weighted by Crippen LogP contribution is -2.13. The molecular formula is C19H20N4O. The smallest absolute Gasteiger partial charge is 0.261 e. The van der Waals surface area contributed by atoms with Crippen LogP contribution < -0.4 is 5.32 Å². The molecule has 0 radical (unpaired) electrons. The van der Waals surface area contributed by atoms with Crippen molar-refractivity contribution in [2.45, 2.75) is 39.5 Å². The molecule has 2 aromatic heterocycles. The minimum atomic E-state index is -0.168. The third-order valence-electron chi connectivity index (χ3n) is 4.76. The summed E-state index contributed by atoms with van der Waals surface area (Å²) < 4.78 is 1.84. The third kappa shape index (κ3) is 2.37. The number of rotatable bonds is 3. The number of fused-ring (bicyclic) bond motifs is 3. The van der Waals surface area contributed by atoms with E-state index in [9.17, 15) is 4.79 Å². The minimum Gasteiger partial charge on any atom is -0.322 e. The SMILES string of the molecule is CCc1ccc(NC(=O)c2cnn3c4c(c(C)nc23)CCC4)cc1. The summed E-state index contributed by atoms with van der Waals surface area (Å²) in [7, 11) is 0. The Kier molecular flexibility index (Phi) is 3.56. The molecule has 1 N–H and O–H groups in total. The average molecular weight is 320 g/mol. The molecule has 0 saturated heterocycles. The second kappa shape index (κ2) is 5.74. The topological polar surface area (TPSA) is 59.3 Å². The first-order valence-corrected chi connectivity index (χ1v) is 8.43. The van der Waals surface area contributed by atoms with Crippen molar-refractivity contribution < 1.29 is 4.79 Å². The van der Waals surface area contributed by atoms with Gasteiger partial charge in [0.2, 0.25) is 0 Å². The first-order valence-electron chi connectivity index (χ1n) is 8.43. The van der Waals surface area contributed by atoms with E-state index < -0.39 is 0 Å². The molecule has 2 heterocycles. The zero-order chi connectivity index (χ0) is 16.7. The van der Waals surface area contributed by atoms with Gasteiger partial charge in [0.05, 0.1) is 6.20 Å². The summed E-state index contributed by atoms with van der Waals surface area (Å²) in [5, 5.41) is 7.36. The van der Waals surface area contributed by atoms with E-state index in [1.54, 1.807) is 6.20 Å². The van der Waals surface area contributed by atoms with Crippen molar-refractivity contribution in [1.29, 1.82) is 0 Å². The Morgan fingerprint density at radius 1 is 1.25 bits per heavy atom. The summed E-state index contributed by atoms with van der Waals surface area (Å²) in [6.45, 7) is 4.13. The zero-order valence-electron chi connectivity index (χ0n) is 14.0. The molecule has 1 amide bonds. The second-order valence-electron chi connectivity index (χ2n) is 6.27. The molecule has 0 fully saturated rings. The Labute approximate surface area is 140 Å². The van der Waals surface area contributed by atoms with E-state index in [-0.39, 0.29) is 5.91 Å². The van der Waals surface area contributed by atoms with Crippen molar-refractivity contribution in [3.05, 3.63) is 58.5 Å². The van der Waals surface area contributed by atoms with Gasteiger partial charge in [0.15, 0.2) is 5.65 Å². The third-order valence-corrected chi connectivity index (χ3v) is 4.76. The second-order valence-corrected chi connectivity index (χ2v) is 6.27. The maximum atomic E-state index is 12.7. The summed E-state index contributed by atoms with van der Waals surface area (Å²) in [4.78, 5) is 17.3. The van der Waals surface area contributed by atoms with Gasteiger partial charge < -0.3 is 5.32 Å². The first kappa shape index (κ1) is 14.9. The van der Waals surface area contributed by atoms with Crippen LogP contribution in [0.4, 0.5) is 5.69 Å². The molecule has 1 aliphatic rings. The molecule has 4 rings (SSSR count). The van der Waals surface area contributed by atoms with Crippen LogP contribution in [0.1, 0.15) is 46.2 Å². The van der Waals surface area contributed by atoms with Gasteiger partial charge in [-0.2, -0.15) is 5.10 Å². The van der Waals surface area contributed by atoms with E-state index in [2.05, 4.69) is 22.3 Å². The van der Waals surface area contributed by atoms with E-state index in [0.29, 0.717) is 11.2 Å². The van der Waals surface area contributed by atoms with Gasteiger partial charge >= 0.3 is 0 Å². The Balaban J connectivity index is 1.68. The molecule has 5 nitrogen and oxygen atoms in total. The average Bonchev–Trinajstić information content (AvgIpc) is 3.22. The number of amides is 1. The quantitative estimate of drug-likeness (QED) is 0.805. The number of aryl methyl sites for hydroxylation is 3. The fourth-order valence-electron chi connectivity index (χ4n) is 3.41. The van der Waals surface area contributed by atoms with Gasteiger partial charge in [-0.1, -0.05) is 19.1 Å². The molecule has 3 aromatic rings. The fourth-order valence-corrected chi connectivity index (χ4v) is 3.41. The Bertz CT molecular complexity index is 925. The molecule has 0 spiro atoms. The summed E-state index contributed by atoms with van der Waals surface area (Å²) >= 11 is 0. The highest BCUT2D eigenvalue weighted by molar-refractivity contribution is 6.08. The van der Waals surface area contributed by atoms with Crippen molar-refractivity contribution in [3.63, 3.8) is 0 Å². The summed E-state index contributed by atoms with van der Waals surface area (Å²) in [6, 6.07) is 7.92. The highest BCUT2D eigenvalue weighted by Crippen LogP contribution is 2.26. The molecule has 122 valence electrons. The summed E-state index contributed by atoms with van der Waals surface area (Å²) in [6.07, 6.45) is 5.78. The number of nitrogens with one attached hydrogen (secondary N) is 1. The van der Waals surface area contributed by atoms with Crippen LogP contribution in [0.5, 0.6) is 0 Å². The Morgan fingerprint density at radius 3 is 2.79 bits per heavy atom. The molecule has 0 saturated carbocycles. The van der Waals surface area contributed by atoms with Gasteiger partial charge in [0.1, 0.15) is 5.56 Å². The normalized spacial score (nSPS) is 13.2. The van der Waals surface area contributed by atoms with E-state index in [0.717, 1.165) is 37.1 Å². The van der Waals surface area contributed by atoms with Crippen LogP contribution in [0.3, 0.4) is 0 Å². The Hall–Kier alpha value is -2.69. The molecule has 0 bridgehead atoms. The molecule has 0 atom stereocenters.